The second-order valence-electron chi connectivity index (χ2n) is 5.55. The van der Waals surface area contributed by atoms with Crippen LogP contribution in [0.1, 0.15) is 41.7 Å². The van der Waals surface area contributed by atoms with Crippen LogP contribution in [0.25, 0.3) is 0 Å². The Morgan fingerprint density at radius 3 is 2.55 bits per heavy atom. The third kappa shape index (κ3) is 3.08. The average Bonchev–Trinajstić information content (AvgIpc) is 2.84. The normalized spacial score (nSPS) is 15.4. The Hall–Kier alpha value is -2.43. The molecule has 0 unspecified atom stereocenters. The lowest BCUT2D eigenvalue weighted by Gasteiger charge is -2.21. The first kappa shape index (κ1) is 14.5. The summed E-state index contributed by atoms with van der Waals surface area (Å²) in [6.45, 7) is 2.00. The molecule has 22 heavy (non-hydrogen) atoms. The molecule has 3 rings (SSSR count). The molecule has 0 amide bonds. The number of carbonyl (C=O) groups is 1. The molecule has 2 aromatic heterocycles. The summed E-state index contributed by atoms with van der Waals surface area (Å²) in [5, 5.41) is 0. The summed E-state index contributed by atoms with van der Waals surface area (Å²) in [5.74, 6) is 0.937. The smallest absolute Gasteiger partial charge is 0.215 e. The van der Waals surface area contributed by atoms with E-state index in [0.717, 1.165) is 18.9 Å². The van der Waals surface area contributed by atoms with Gasteiger partial charge in [-0.15, -0.1) is 0 Å². The molecule has 1 fully saturated rings. The molecule has 1 aliphatic rings. The predicted octanol–water partition coefficient (Wildman–Crippen LogP) is 2.67. The minimum atomic E-state index is -0.178. The molecule has 0 spiro atoms. The van der Waals surface area contributed by atoms with E-state index in [4.69, 9.17) is 5.73 Å². The van der Waals surface area contributed by atoms with Crippen molar-refractivity contribution < 1.29 is 4.79 Å². The van der Waals surface area contributed by atoms with Crippen molar-refractivity contribution in [2.45, 2.75) is 25.7 Å². The van der Waals surface area contributed by atoms with E-state index in [1.54, 1.807) is 24.4 Å². The molecular weight excluding hydrogens is 276 g/mol. The summed E-state index contributed by atoms with van der Waals surface area (Å²) in [6, 6.07) is 8.98. The fraction of sp³-hybridized carbons (Fsp3) is 0.353. The Bertz CT molecular complexity index is 663. The van der Waals surface area contributed by atoms with Crippen molar-refractivity contribution in [1.29, 1.82) is 0 Å². The van der Waals surface area contributed by atoms with Crippen LogP contribution in [-0.2, 0) is 0 Å². The van der Waals surface area contributed by atoms with E-state index >= 15 is 0 Å². The zero-order chi connectivity index (χ0) is 15.4. The van der Waals surface area contributed by atoms with Gasteiger partial charge in [-0.3, -0.25) is 4.79 Å². The molecule has 5 heteroatoms. The van der Waals surface area contributed by atoms with Gasteiger partial charge in [0.15, 0.2) is 0 Å². The Balaban J connectivity index is 1.87. The maximum Gasteiger partial charge on any atom is 0.215 e. The van der Waals surface area contributed by atoms with Crippen LogP contribution in [-0.4, -0.2) is 28.8 Å². The second-order valence-corrected chi connectivity index (χ2v) is 5.55. The Morgan fingerprint density at radius 2 is 1.82 bits per heavy atom. The summed E-state index contributed by atoms with van der Waals surface area (Å²) in [4.78, 5) is 23.3. The van der Waals surface area contributed by atoms with Gasteiger partial charge in [-0.05, 0) is 37.1 Å². The standard InChI is InChI=1S/C17H20N4O/c18-17-13(7-6-10-19-17)16(22)14-8-5-9-15(20-14)21-11-3-1-2-4-12-21/h5-10H,1-4,11-12H2,(H2,18,19). The molecule has 2 N–H and O–H groups in total. The molecule has 1 aliphatic heterocycles. The SMILES string of the molecule is Nc1ncccc1C(=O)c1cccc(N2CCCCCC2)n1. The number of nitrogens with zero attached hydrogens (tertiary/aromatic N) is 3. The lowest BCUT2D eigenvalue weighted by molar-refractivity contribution is 0.103. The lowest BCUT2D eigenvalue weighted by atomic mass is 10.1. The fourth-order valence-electron chi connectivity index (χ4n) is 2.77. The number of ketones is 1. The van der Waals surface area contributed by atoms with Gasteiger partial charge in [0.2, 0.25) is 5.78 Å². The molecule has 0 aromatic carbocycles. The lowest BCUT2D eigenvalue weighted by Crippen LogP contribution is -2.25. The van der Waals surface area contributed by atoms with Gasteiger partial charge in [0.05, 0.1) is 5.56 Å². The van der Waals surface area contributed by atoms with E-state index < -0.39 is 0 Å². The molecule has 0 atom stereocenters. The maximum absolute atomic E-state index is 12.6. The van der Waals surface area contributed by atoms with Crippen LogP contribution < -0.4 is 10.6 Å². The molecule has 2 aromatic rings. The zero-order valence-electron chi connectivity index (χ0n) is 12.5. The number of nitrogen functional groups attached to an aromatic ring is 1. The summed E-state index contributed by atoms with van der Waals surface area (Å²) >= 11 is 0. The van der Waals surface area contributed by atoms with E-state index in [9.17, 15) is 4.79 Å². The highest BCUT2D eigenvalue weighted by Gasteiger charge is 2.17. The highest BCUT2D eigenvalue weighted by molar-refractivity contribution is 6.10. The van der Waals surface area contributed by atoms with Crippen molar-refractivity contribution in [2.75, 3.05) is 23.7 Å². The monoisotopic (exact) mass is 296 g/mol. The molecule has 3 heterocycles. The number of anilines is 2. The molecule has 0 radical (unpaired) electrons. The van der Waals surface area contributed by atoms with Crippen LogP contribution in [0.4, 0.5) is 11.6 Å². The van der Waals surface area contributed by atoms with Crippen LogP contribution in [0.5, 0.6) is 0 Å². The first-order valence-corrected chi connectivity index (χ1v) is 7.73. The van der Waals surface area contributed by atoms with Crippen molar-refractivity contribution in [3.63, 3.8) is 0 Å². The predicted molar refractivity (Wildman–Crippen MR) is 87.0 cm³/mol. The number of pyridine rings is 2. The topological polar surface area (TPSA) is 72.1 Å². The van der Waals surface area contributed by atoms with Gasteiger partial charge in [0.25, 0.3) is 0 Å². The number of carbonyl (C=O) groups excluding carboxylic acids is 1. The minimum absolute atomic E-state index is 0.178. The van der Waals surface area contributed by atoms with Gasteiger partial charge in [0.1, 0.15) is 17.3 Å². The molecule has 114 valence electrons. The van der Waals surface area contributed by atoms with Crippen molar-refractivity contribution in [3.05, 3.63) is 47.8 Å². The third-order valence-electron chi connectivity index (χ3n) is 3.98. The van der Waals surface area contributed by atoms with E-state index in [0.29, 0.717) is 11.3 Å². The van der Waals surface area contributed by atoms with Crippen LogP contribution in [0, 0.1) is 0 Å². The van der Waals surface area contributed by atoms with E-state index in [2.05, 4.69) is 14.9 Å². The van der Waals surface area contributed by atoms with Gasteiger partial charge in [-0.2, -0.15) is 0 Å². The Kier molecular flexibility index (Phi) is 4.32. The second kappa shape index (κ2) is 6.56. The van der Waals surface area contributed by atoms with Gasteiger partial charge < -0.3 is 10.6 Å². The van der Waals surface area contributed by atoms with Crippen molar-refractivity contribution in [1.82, 2.24) is 9.97 Å². The largest absolute Gasteiger partial charge is 0.383 e. The summed E-state index contributed by atoms with van der Waals surface area (Å²) < 4.78 is 0. The zero-order valence-corrected chi connectivity index (χ0v) is 12.5. The van der Waals surface area contributed by atoms with E-state index in [-0.39, 0.29) is 11.6 Å². The molecular formula is C17H20N4O. The molecule has 0 saturated carbocycles. The quantitative estimate of drug-likeness (QED) is 0.882. The van der Waals surface area contributed by atoms with Crippen molar-refractivity contribution >= 4 is 17.4 Å². The summed E-state index contributed by atoms with van der Waals surface area (Å²) in [7, 11) is 0. The Labute approximate surface area is 130 Å². The average molecular weight is 296 g/mol. The van der Waals surface area contributed by atoms with Crippen LogP contribution in [0.3, 0.4) is 0 Å². The Morgan fingerprint density at radius 1 is 1.05 bits per heavy atom. The van der Waals surface area contributed by atoms with Crippen LogP contribution >= 0.6 is 0 Å². The van der Waals surface area contributed by atoms with Crippen LogP contribution in [0.15, 0.2) is 36.5 Å². The number of aromatic nitrogens is 2. The van der Waals surface area contributed by atoms with Crippen LogP contribution in [0.2, 0.25) is 0 Å². The number of rotatable bonds is 3. The number of hydrogen-bond donors (Lipinski definition) is 1. The third-order valence-corrected chi connectivity index (χ3v) is 3.98. The molecule has 0 aliphatic carbocycles. The first-order chi connectivity index (χ1) is 10.8. The highest BCUT2D eigenvalue weighted by Crippen LogP contribution is 2.19. The van der Waals surface area contributed by atoms with E-state index in [1.165, 1.54) is 25.7 Å². The summed E-state index contributed by atoms with van der Waals surface area (Å²) in [5.41, 5.74) is 6.61. The molecule has 5 nitrogen and oxygen atoms in total. The van der Waals surface area contributed by atoms with Gasteiger partial charge in [-0.25, -0.2) is 9.97 Å². The van der Waals surface area contributed by atoms with Crippen molar-refractivity contribution in [3.8, 4) is 0 Å². The maximum atomic E-state index is 12.6. The molecule has 1 saturated heterocycles. The van der Waals surface area contributed by atoms with Gasteiger partial charge in [0, 0.05) is 19.3 Å². The van der Waals surface area contributed by atoms with Gasteiger partial charge >= 0.3 is 0 Å². The summed E-state index contributed by atoms with van der Waals surface area (Å²) in [6.07, 6.45) is 6.46. The van der Waals surface area contributed by atoms with Crippen molar-refractivity contribution in [2.24, 2.45) is 0 Å². The van der Waals surface area contributed by atoms with E-state index in [1.807, 2.05) is 12.1 Å². The minimum Gasteiger partial charge on any atom is -0.383 e. The first-order valence-electron chi connectivity index (χ1n) is 7.73. The molecule has 0 bridgehead atoms. The fourth-order valence-corrected chi connectivity index (χ4v) is 2.77. The number of hydrogen-bond acceptors (Lipinski definition) is 5. The van der Waals surface area contributed by atoms with Gasteiger partial charge in [-0.1, -0.05) is 18.9 Å². The highest BCUT2D eigenvalue weighted by atomic mass is 16.1. The number of nitrogens with two attached hydrogens (primary N) is 1.